The monoisotopic (exact) mass is 322 g/mol. The summed E-state index contributed by atoms with van der Waals surface area (Å²) >= 11 is 8.42. The van der Waals surface area contributed by atoms with Gasteiger partial charge < -0.3 is 5.32 Å². The molecule has 1 aromatic heterocycles. The summed E-state index contributed by atoms with van der Waals surface area (Å²) in [6.45, 7) is 7.78. The SMILES string of the molecule is CC(C)N(Cc1sc2ccccc2c1Cl)CC1CCCN1. The lowest BCUT2D eigenvalue weighted by Crippen LogP contribution is -2.40. The van der Waals surface area contributed by atoms with Crippen LogP contribution in [0.4, 0.5) is 0 Å². The Morgan fingerprint density at radius 2 is 2.19 bits per heavy atom. The first-order chi connectivity index (χ1) is 10.1. The van der Waals surface area contributed by atoms with Crippen molar-refractivity contribution in [1.82, 2.24) is 10.2 Å². The molecule has 0 radical (unpaired) electrons. The summed E-state index contributed by atoms with van der Waals surface area (Å²) in [5.74, 6) is 0. The molecule has 0 saturated carbocycles. The van der Waals surface area contributed by atoms with Crippen molar-refractivity contribution in [3.8, 4) is 0 Å². The zero-order valence-electron chi connectivity index (χ0n) is 12.7. The minimum atomic E-state index is 0.536. The van der Waals surface area contributed by atoms with Crippen LogP contribution in [-0.4, -0.2) is 30.1 Å². The lowest BCUT2D eigenvalue weighted by Gasteiger charge is -2.29. The Hall–Kier alpha value is -0.610. The molecule has 1 unspecified atom stereocenters. The van der Waals surface area contributed by atoms with Crippen LogP contribution >= 0.6 is 22.9 Å². The molecule has 2 aromatic rings. The third-order valence-corrected chi connectivity index (χ3v) is 6.00. The fraction of sp³-hybridized carbons (Fsp3) is 0.529. The molecule has 0 amide bonds. The number of hydrogen-bond donors (Lipinski definition) is 1. The zero-order valence-corrected chi connectivity index (χ0v) is 14.3. The molecule has 1 aliphatic heterocycles. The van der Waals surface area contributed by atoms with Crippen LogP contribution in [0.3, 0.4) is 0 Å². The molecule has 3 rings (SSSR count). The third kappa shape index (κ3) is 3.42. The summed E-state index contributed by atoms with van der Waals surface area (Å²) in [5, 5.41) is 5.74. The Morgan fingerprint density at radius 1 is 1.38 bits per heavy atom. The van der Waals surface area contributed by atoms with E-state index in [1.165, 1.54) is 34.3 Å². The second-order valence-electron chi connectivity index (χ2n) is 6.15. The maximum atomic E-state index is 6.59. The number of nitrogens with zero attached hydrogens (tertiary/aromatic N) is 1. The molecule has 114 valence electrons. The summed E-state index contributed by atoms with van der Waals surface area (Å²) in [7, 11) is 0. The number of hydrogen-bond acceptors (Lipinski definition) is 3. The lowest BCUT2D eigenvalue weighted by molar-refractivity contribution is 0.196. The zero-order chi connectivity index (χ0) is 14.8. The Morgan fingerprint density at radius 3 is 2.86 bits per heavy atom. The molecule has 1 aromatic carbocycles. The van der Waals surface area contributed by atoms with Crippen molar-refractivity contribution in [2.24, 2.45) is 0 Å². The number of nitrogens with one attached hydrogen (secondary N) is 1. The highest BCUT2D eigenvalue weighted by Gasteiger charge is 2.21. The molecular weight excluding hydrogens is 300 g/mol. The highest BCUT2D eigenvalue weighted by Crippen LogP contribution is 2.36. The predicted octanol–water partition coefficient (Wildman–Crippen LogP) is 4.52. The third-order valence-electron chi connectivity index (χ3n) is 4.30. The Bertz CT molecular complexity index is 602. The summed E-state index contributed by atoms with van der Waals surface area (Å²) in [5.41, 5.74) is 0. The molecular formula is C17H23ClN2S. The van der Waals surface area contributed by atoms with E-state index in [9.17, 15) is 0 Å². The van der Waals surface area contributed by atoms with E-state index in [0.29, 0.717) is 12.1 Å². The minimum absolute atomic E-state index is 0.536. The van der Waals surface area contributed by atoms with Crippen molar-refractivity contribution in [3.63, 3.8) is 0 Å². The predicted molar refractivity (Wildman–Crippen MR) is 93.4 cm³/mol. The van der Waals surface area contributed by atoms with E-state index in [-0.39, 0.29) is 0 Å². The van der Waals surface area contributed by atoms with Gasteiger partial charge in [-0.05, 0) is 39.3 Å². The molecule has 2 nitrogen and oxygen atoms in total. The Balaban J connectivity index is 1.78. The van der Waals surface area contributed by atoms with Crippen LogP contribution in [0.25, 0.3) is 10.1 Å². The van der Waals surface area contributed by atoms with Crippen LogP contribution in [0, 0.1) is 0 Å². The first-order valence-corrected chi connectivity index (χ1v) is 8.98. The second kappa shape index (κ2) is 6.66. The first-order valence-electron chi connectivity index (χ1n) is 7.78. The van der Waals surface area contributed by atoms with Crippen LogP contribution in [-0.2, 0) is 6.54 Å². The van der Waals surface area contributed by atoms with Crippen molar-refractivity contribution < 1.29 is 0 Å². The van der Waals surface area contributed by atoms with Gasteiger partial charge >= 0.3 is 0 Å². The van der Waals surface area contributed by atoms with Gasteiger partial charge in [0, 0.05) is 40.1 Å². The fourth-order valence-corrected chi connectivity index (χ4v) is 4.52. The highest BCUT2D eigenvalue weighted by molar-refractivity contribution is 7.19. The molecule has 21 heavy (non-hydrogen) atoms. The van der Waals surface area contributed by atoms with Crippen molar-refractivity contribution in [2.45, 2.75) is 45.3 Å². The Kier molecular flexibility index (Phi) is 4.85. The molecule has 1 atom stereocenters. The molecule has 1 aliphatic rings. The van der Waals surface area contributed by atoms with Gasteiger partial charge in [-0.25, -0.2) is 0 Å². The standard InChI is InChI=1S/C17H23ClN2S/c1-12(2)20(10-13-6-5-9-19-13)11-16-17(18)14-7-3-4-8-15(14)21-16/h3-4,7-8,12-13,19H,5-6,9-11H2,1-2H3. The highest BCUT2D eigenvalue weighted by atomic mass is 35.5. The van der Waals surface area contributed by atoms with Gasteiger partial charge in [-0.15, -0.1) is 11.3 Å². The molecule has 1 saturated heterocycles. The van der Waals surface area contributed by atoms with E-state index in [2.05, 4.69) is 48.3 Å². The molecule has 2 heterocycles. The summed E-state index contributed by atoms with van der Waals surface area (Å²) in [6, 6.07) is 9.60. The van der Waals surface area contributed by atoms with Gasteiger partial charge in [-0.2, -0.15) is 0 Å². The molecule has 1 fully saturated rings. The average Bonchev–Trinajstić information content (AvgIpc) is 3.08. The smallest absolute Gasteiger partial charge is 0.0637 e. The van der Waals surface area contributed by atoms with Crippen LogP contribution in [0.5, 0.6) is 0 Å². The number of rotatable bonds is 5. The first kappa shape index (κ1) is 15.3. The molecule has 0 aliphatic carbocycles. The van der Waals surface area contributed by atoms with E-state index in [1.807, 2.05) is 11.3 Å². The van der Waals surface area contributed by atoms with Crippen LogP contribution in [0.2, 0.25) is 5.02 Å². The van der Waals surface area contributed by atoms with E-state index in [4.69, 9.17) is 11.6 Å². The van der Waals surface area contributed by atoms with E-state index in [0.717, 1.165) is 18.1 Å². The Labute approximate surface area is 136 Å². The van der Waals surface area contributed by atoms with Gasteiger partial charge in [0.25, 0.3) is 0 Å². The van der Waals surface area contributed by atoms with Crippen molar-refractivity contribution in [1.29, 1.82) is 0 Å². The van der Waals surface area contributed by atoms with E-state index in [1.54, 1.807) is 0 Å². The summed E-state index contributed by atoms with van der Waals surface area (Å²) in [6.07, 6.45) is 2.60. The van der Waals surface area contributed by atoms with Gasteiger partial charge in [0.05, 0.1) is 5.02 Å². The van der Waals surface area contributed by atoms with Crippen LogP contribution < -0.4 is 5.32 Å². The van der Waals surface area contributed by atoms with Crippen LogP contribution in [0.1, 0.15) is 31.6 Å². The van der Waals surface area contributed by atoms with Crippen molar-refractivity contribution in [2.75, 3.05) is 13.1 Å². The minimum Gasteiger partial charge on any atom is -0.313 e. The number of halogens is 1. The normalized spacial score (nSPS) is 19.2. The second-order valence-corrected chi connectivity index (χ2v) is 7.67. The summed E-state index contributed by atoms with van der Waals surface area (Å²) in [4.78, 5) is 3.84. The molecule has 0 spiro atoms. The quantitative estimate of drug-likeness (QED) is 0.870. The fourth-order valence-electron chi connectivity index (χ4n) is 3.00. The lowest BCUT2D eigenvalue weighted by atomic mass is 10.2. The van der Waals surface area contributed by atoms with E-state index < -0.39 is 0 Å². The largest absolute Gasteiger partial charge is 0.313 e. The summed E-state index contributed by atoms with van der Waals surface area (Å²) < 4.78 is 1.29. The number of fused-ring (bicyclic) bond motifs is 1. The molecule has 4 heteroatoms. The maximum absolute atomic E-state index is 6.59. The van der Waals surface area contributed by atoms with Gasteiger partial charge in [0.2, 0.25) is 0 Å². The van der Waals surface area contributed by atoms with E-state index >= 15 is 0 Å². The maximum Gasteiger partial charge on any atom is 0.0637 e. The van der Waals surface area contributed by atoms with Crippen molar-refractivity contribution >= 4 is 33.0 Å². The molecule has 0 bridgehead atoms. The number of benzene rings is 1. The van der Waals surface area contributed by atoms with Crippen LogP contribution in [0.15, 0.2) is 24.3 Å². The van der Waals surface area contributed by atoms with Gasteiger partial charge in [-0.1, -0.05) is 29.8 Å². The average molecular weight is 323 g/mol. The van der Waals surface area contributed by atoms with Crippen molar-refractivity contribution in [3.05, 3.63) is 34.2 Å². The topological polar surface area (TPSA) is 15.3 Å². The number of thiophene rings is 1. The van der Waals surface area contributed by atoms with Gasteiger partial charge in [0.1, 0.15) is 0 Å². The van der Waals surface area contributed by atoms with Gasteiger partial charge in [-0.3, -0.25) is 4.90 Å². The van der Waals surface area contributed by atoms with Gasteiger partial charge in [0.15, 0.2) is 0 Å². The molecule has 1 N–H and O–H groups in total.